The summed E-state index contributed by atoms with van der Waals surface area (Å²) in [4.78, 5) is 38.0. The highest BCUT2D eigenvalue weighted by Crippen LogP contribution is 2.12. The van der Waals surface area contributed by atoms with Gasteiger partial charge < -0.3 is 14.2 Å². The molecule has 0 N–H and O–H groups in total. The summed E-state index contributed by atoms with van der Waals surface area (Å²) in [5.41, 5.74) is 0. The van der Waals surface area contributed by atoms with Crippen LogP contribution in [0.5, 0.6) is 0 Å². The predicted molar refractivity (Wildman–Crippen MR) is 288 cm³/mol. The second-order valence-corrected chi connectivity index (χ2v) is 17.0. The van der Waals surface area contributed by atoms with Gasteiger partial charge in [0, 0.05) is 19.3 Å². The molecule has 0 fully saturated rings. The maximum Gasteiger partial charge on any atom is 0.306 e. The van der Waals surface area contributed by atoms with E-state index in [0.29, 0.717) is 19.3 Å². The Kier molecular flexibility index (Phi) is 50.6. The van der Waals surface area contributed by atoms with Crippen molar-refractivity contribution in [2.24, 2.45) is 0 Å². The van der Waals surface area contributed by atoms with Gasteiger partial charge in [0.15, 0.2) is 6.10 Å². The third kappa shape index (κ3) is 52.4. The van der Waals surface area contributed by atoms with Crippen molar-refractivity contribution < 1.29 is 28.6 Å². The van der Waals surface area contributed by atoms with Gasteiger partial charge in [0.05, 0.1) is 0 Å². The highest BCUT2D eigenvalue weighted by molar-refractivity contribution is 5.71. The Balaban J connectivity index is 4.53. The van der Waals surface area contributed by atoms with E-state index >= 15 is 0 Å². The highest BCUT2D eigenvalue weighted by atomic mass is 16.6. The monoisotopic (exact) mass is 925 g/mol. The predicted octanol–water partition coefficient (Wildman–Crippen LogP) is 17.9. The van der Waals surface area contributed by atoms with Crippen molar-refractivity contribution in [3.05, 3.63) is 134 Å². The molecule has 1 atom stereocenters. The molecule has 0 saturated heterocycles. The molecule has 6 nitrogen and oxygen atoms in total. The van der Waals surface area contributed by atoms with Crippen molar-refractivity contribution in [2.75, 3.05) is 13.2 Å². The first kappa shape index (κ1) is 62.5. The minimum Gasteiger partial charge on any atom is -0.462 e. The highest BCUT2D eigenvalue weighted by Gasteiger charge is 2.19. The molecule has 0 bridgehead atoms. The average Bonchev–Trinajstić information content (AvgIpc) is 3.33. The van der Waals surface area contributed by atoms with Crippen molar-refractivity contribution in [1.29, 1.82) is 0 Å². The van der Waals surface area contributed by atoms with Crippen LogP contribution >= 0.6 is 0 Å². The summed E-state index contributed by atoms with van der Waals surface area (Å²) in [6, 6.07) is 0. The SMILES string of the molecule is CC/C=C\C/C=C\C/C=C\C/C=C\C/C=C\C/C=C\CCCCC(=O)OCC(COC(=O)CCCCC/C=C\C/C=C\C/C=C\CC)OC(=O)CCCCCCC/C=C\C/C=C\CCCCC. The lowest BCUT2D eigenvalue weighted by Gasteiger charge is -2.18. The van der Waals surface area contributed by atoms with Crippen molar-refractivity contribution in [2.45, 2.75) is 219 Å². The van der Waals surface area contributed by atoms with Crippen LogP contribution in [-0.4, -0.2) is 37.2 Å². The number of rotatable bonds is 46. The summed E-state index contributed by atoms with van der Waals surface area (Å²) in [6.45, 7) is 6.29. The number of esters is 3. The van der Waals surface area contributed by atoms with Crippen LogP contribution in [0.1, 0.15) is 213 Å². The minimum absolute atomic E-state index is 0.118. The lowest BCUT2D eigenvalue weighted by atomic mass is 10.1. The minimum atomic E-state index is -0.820. The van der Waals surface area contributed by atoms with E-state index in [1.165, 1.54) is 25.7 Å². The van der Waals surface area contributed by atoms with E-state index in [9.17, 15) is 14.4 Å². The number of ether oxygens (including phenoxy) is 3. The van der Waals surface area contributed by atoms with Crippen LogP contribution in [0.15, 0.2) is 134 Å². The number of carbonyl (C=O) groups is 3. The molecule has 0 saturated carbocycles. The molecule has 0 aromatic rings. The van der Waals surface area contributed by atoms with E-state index in [1.54, 1.807) is 0 Å². The van der Waals surface area contributed by atoms with Gasteiger partial charge in [0.25, 0.3) is 0 Å². The lowest BCUT2D eigenvalue weighted by Crippen LogP contribution is -2.30. The first-order valence-electron chi connectivity index (χ1n) is 26.7. The zero-order valence-corrected chi connectivity index (χ0v) is 42.9. The Hall–Kier alpha value is -4.45. The van der Waals surface area contributed by atoms with Gasteiger partial charge in [-0.25, -0.2) is 0 Å². The number of hydrogen-bond acceptors (Lipinski definition) is 6. The van der Waals surface area contributed by atoms with Gasteiger partial charge >= 0.3 is 17.9 Å². The molecule has 0 amide bonds. The molecule has 6 heteroatoms. The second kappa shape index (κ2) is 54.2. The van der Waals surface area contributed by atoms with E-state index < -0.39 is 6.10 Å². The number of carbonyl (C=O) groups excluding carboxylic acids is 3. The van der Waals surface area contributed by atoms with E-state index in [1.807, 2.05) is 0 Å². The molecule has 0 aliphatic carbocycles. The van der Waals surface area contributed by atoms with Crippen LogP contribution in [0, 0.1) is 0 Å². The first-order valence-corrected chi connectivity index (χ1v) is 26.7. The molecular formula is C61H96O6. The summed E-state index contributed by atoms with van der Waals surface area (Å²) >= 11 is 0. The number of hydrogen-bond donors (Lipinski definition) is 0. The topological polar surface area (TPSA) is 78.9 Å². The van der Waals surface area contributed by atoms with Crippen LogP contribution < -0.4 is 0 Å². The van der Waals surface area contributed by atoms with Crippen LogP contribution in [0.2, 0.25) is 0 Å². The molecule has 0 heterocycles. The normalized spacial score (nSPS) is 13.2. The van der Waals surface area contributed by atoms with Gasteiger partial charge in [0.2, 0.25) is 0 Å². The molecule has 0 aromatic carbocycles. The zero-order chi connectivity index (χ0) is 48.6. The Morgan fingerprint density at radius 3 is 0.955 bits per heavy atom. The maximum absolute atomic E-state index is 12.8. The van der Waals surface area contributed by atoms with Gasteiger partial charge in [-0.3, -0.25) is 14.4 Å². The van der Waals surface area contributed by atoms with Gasteiger partial charge in [-0.2, -0.15) is 0 Å². The van der Waals surface area contributed by atoms with Gasteiger partial charge in [-0.05, 0) is 135 Å². The van der Waals surface area contributed by atoms with Gasteiger partial charge in [-0.1, -0.05) is 193 Å². The molecule has 67 heavy (non-hydrogen) atoms. The molecular weight excluding hydrogens is 829 g/mol. The van der Waals surface area contributed by atoms with Crippen LogP contribution in [-0.2, 0) is 28.6 Å². The number of unbranched alkanes of at least 4 members (excludes halogenated alkanes) is 13. The third-order valence-corrected chi connectivity index (χ3v) is 10.6. The first-order chi connectivity index (χ1) is 33.0. The van der Waals surface area contributed by atoms with Crippen molar-refractivity contribution in [1.82, 2.24) is 0 Å². The molecule has 0 radical (unpaired) electrons. The van der Waals surface area contributed by atoms with E-state index in [4.69, 9.17) is 14.2 Å². The molecule has 376 valence electrons. The summed E-state index contributed by atoms with van der Waals surface area (Å²) in [5, 5.41) is 0. The Labute approximate surface area is 411 Å². The summed E-state index contributed by atoms with van der Waals surface area (Å²) in [5.74, 6) is -1.01. The van der Waals surface area contributed by atoms with E-state index in [-0.39, 0.29) is 37.5 Å². The molecule has 0 aromatic heterocycles. The van der Waals surface area contributed by atoms with Crippen molar-refractivity contribution in [3.8, 4) is 0 Å². The van der Waals surface area contributed by atoms with E-state index in [0.717, 1.165) is 141 Å². The number of allylic oxidation sites excluding steroid dienone is 22. The summed E-state index contributed by atoms with van der Waals surface area (Å²) < 4.78 is 16.7. The van der Waals surface area contributed by atoms with Crippen LogP contribution in [0.3, 0.4) is 0 Å². The average molecular weight is 925 g/mol. The van der Waals surface area contributed by atoms with Gasteiger partial charge in [0.1, 0.15) is 13.2 Å². The molecule has 0 spiro atoms. The fourth-order valence-electron chi connectivity index (χ4n) is 6.66. The largest absolute Gasteiger partial charge is 0.462 e. The Morgan fingerprint density at radius 1 is 0.313 bits per heavy atom. The van der Waals surface area contributed by atoms with Gasteiger partial charge in [-0.15, -0.1) is 0 Å². The quantitative estimate of drug-likeness (QED) is 0.0262. The smallest absolute Gasteiger partial charge is 0.306 e. The second-order valence-electron chi connectivity index (χ2n) is 17.0. The Morgan fingerprint density at radius 2 is 0.582 bits per heavy atom. The van der Waals surface area contributed by atoms with Crippen LogP contribution in [0.25, 0.3) is 0 Å². The lowest BCUT2D eigenvalue weighted by molar-refractivity contribution is -0.167. The summed E-state index contributed by atoms with van der Waals surface area (Å²) in [6.07, 6.45) is 75.8. The Bertz CT molecular complexity index is 1480. The molecule has 0 aliphatic heterocycles. The van der Waals surface area contributed by atoms with E-state index in [2.05, 4.69) is 154 Å². The van der Waals surface area contributed by atoms with Crippen molar-refractivity contribution in [3.63, 3.8) is 0 Å². The standard InChI is InChI=1S/C61H96O6/c1-4-7-10-13-16-19-22-25-27-28-29-30-31-32-34-36-39-42-45-48-51-54-60(63)66-57-58(56-65-59(62)53-50-47-44-41-38-35-24-21-18-15-12-9-6-3)67-61(64)55-52-49-46-43-40-37-33-26-23-20-17-14-11-8-5-2/h7,9-10,12,16-21,25-27,29-30,32-35,38-39,42,58H,4-6,8,11,13-15,22-24,28,31,36-37,40-41,43-57H2,1-3H3/b10-7-,12-9-,19-16-,20-17-,21-18-,27-25-,30-29-,33-26-,34-32-,38-35-,42-39-. The molecule has 1 unspecified atom stereocenters. The third-order valence-electron chi connectivity index (χ3n) is 10.6. The van der Waals surface area contributed by atoms with Crippen molar-refractivity contribution >= 4 is 17.9 Å². The fraction of sp³-hybridized carbons (Fsp3) is 0.590. The maximum atomic E-state index is 12.8. The molecule has 0 aliphatic rings. The zero-order valence-electron chi connectivity index (χ0n) is 42.9. The summed E-state index contributed by atoms with van der Waals surface area (Å²) in [7, 11) is 0. The van der Waals surface area contributed by atoms with Crippen LogP contribution in [0.4, 0.5) is 0 Å². The fourth-order valence-corrected chi connectivity index (χ4v) is 6.66. The molecule has 0 rings (SSSR count).